The molecule has 24 heavy (non-hydrogen) atoms. The molecule has 0 spiro atoms. The van der Waals surface area contributed by atoms with Crippen molar-refractivity contribution in [2.75, 3.05) is 13.6 Å². The Bertz CT molecular complexity index is 549. The van der Waals surface area contributed by atoms with E-state index >= 15 is 0 Å². The highest BCUT2D eigenvalue weighted by molar-refractivity contribution is 7.09. The zero-order chi connectivity index (χ0) is 17.4. The van der Waals surface area contributed by atoms with Crippen LogP contribution in [0.25, 0.3) is 0 Å². The minimum atomic E-state index is 0.0289. The zero-order valence-corrected chi connectivity index (χ0v) is 15.7. The first-order valence-corrected chi connectivity index (χ1v) is 9.64. The van der Waals surface area contributed by atoms with Gasteiger partial charge in [-0.1, -0.05) is 33.1 Å². The molecule has 0 aromatic carbocycles. The van der Waals surface area contributed by atoms with Gasteiger partial charge in [-0.3, -0.25) is 9.79 Å². The third-order valence-electron chi connectivity index (χ3n) is 4.18. The summed E-state index contributed by atoms with van der Waals surface area (Å²) in [4.78, 5) is 20.8. The molecule has 0 aliphatic heterocycles. The van der Waals surface area contributed by atoms with Gasteiger partial charge in [-0.15, -0.1) is 11.3 Å². The number of carbonyl (C=O) groups excluding carboxylic acids is 1. The van der Waals surface area contributed by atoms with E-state index in [0.29, 0.717) is 24.5 Å². The molecule has 1 aliphatic rings. The molecular weight excluding hydrogens is 322 g/mol. The van der Waals surface area contributed by atoms with Crippen LogP contribution < -0.4 is 16.0 Å². The van der Waals surface area contributed by atoms with Crippen molar-refractivity contribution in [1.82, 2.24) is 20.9 Å². The molecule has 0 bridgehead atoms. The van der Waals surface area contributed by atoms with Gasteiger partial charge in [0.2, 0.25) is 5.91 Å². The van der Waals surface area contributed by atoms with E-state index in [2.05, 4.69) is 45.2 Å². The summed E-state index contributed by atoms with van der Waals surface area (Å²) in [6.07, 6.45) is 5.92. The molecule has 3 N–H and O–H groups in total. The quantitative estimate of drug-likeness (QED) is 0.543. The molecule has 134 valence electrons. The summed E-state index contributed by atoms with van der Waals surface area (Å²) in [5, 5.41) is 12.5. The molecule has 1 aromatic heterocycles. The SMILES string of the molecule is CN=C(NCC(=O)NC1CCCCC1)NCc1nc(C(C)C)cs1. The van der Waals surface area contributed by atoms with Crippen LogP contribution in [0.1, 0.15) is 62.6 Å². The van der Waals surface area contributed by atoms with Gasteiger partial charge < -0.3 is 16.0 Å². The standard InChI is InChI=1S/C17H29N5OS/c1-12(2)14-11-24-16(22-14)10-20-17(18-3)19-9-15(23)21-13-7-5-4-6-8-13/h11-13H,4-10H2,1-3H3,(H,21,23)(H2,18,19,20). The number of carbonyl (C=O) groups is 1. The van der Waals surface area contributed by atoms with Crippen molar-refractivity contribution >= 4 is 23.2 Å². The number of hydrogen-bond donors (Lipinski definition) is 3. The van der Waals surface area contributed by atoms with Gasteiger partial charge in [0, 0.05) is 18.5 Å². The normalized spacial score (nSPS) is 16.2. The van der Waals surface area contributed by atoms with Gasteiger partial charge in [0.05, 0.1) is 18.8 Å². The second-order valence-electron chi connectivity index (χ2n) is 6.50. The fraction of sp³-hybridized carbons (Fsp3) is 0.706. The van der Waals surface area contributed by atoms with Crippen molar-refractivity contribution in [3.63, 3.8) is 0 Å². The van der Waals surface area contributed by atoms with Crippen LogP contribution in [0.4, 0.5) is 0 Å². The molecule has 2 rings (SSSR count). The Morgan fingerprint density at radius 2 is 2.08 bits per heavy atom. The maximum Gasteiger partial charge on any atom is 0.239 e. The predicted molar refractivity (Wildman–Crippen MR) is 99.4 cm³/mol. The van der Waals surface area contributed by atoms with Gasteiger partial charge in [-0.25, -0.2) is 4.98 Å². The van der Waals surface area contributed by atoms with Crippen LogP contribution in [0.2, 0.25) is 0 Å². The van der Waals surface area contributed by atoms with Crippen LogP contribution in [0.15, 0.2) is 10.4 Å². The van der Waals surface area contributed by atoms with E-state index < -0.39 is 0 Å². The van der Waals surface area contributed by atoms with Gasteiger partial charge in [-0.05, 0) is 18.8 Å². The van der Waals surface area contributed by atoms with E-state index in [0.717, 1.165) is 23.5 Å². The van der Waals surface area contributed by atoms with Crippen LogP contribution >= 0.6 is 11.3 Å². The van der Waals surface area contributed by atoms with Crippen LogP contribution in [0.5, 0.6) is 0 Å². The molecule has 0 unspecified atom stereocenters. The maximum absolute atomic E-state index is 12.0. The number of amides is 1. The molecule has 1 aromatic rings. The summed E-state index contributed by atoms with van der Waals surface area (Å²) in [6.45, 7) is 5.13. The lowest BCUT2D eigenvalue weighted by Gasteiger charge is -2.23. The molecular formula is C17H29N5OS. The third kappa shape index (κ3) is 6.11. The predicted octanol–water partition coefficient (Wildman–Crippen LogP) is 2.38. The molecule has 0 saturated heterocycles. The topological polar surface area (TPSA) is 78.4 Å². The van der Waals surface area contributed by atoms with E-state index in [1.54, 1.807) is 18.4 Å². The number of nitrogens with one attached hydrogen (secondary N) is 3. The van der Waals surface area contributed by atoms with Gasteiger partial charge in [0.1, 0.15) is 5.01 Å². The highest BCUT2D eigenvalue weighted by Gasteiger charge is 2.15. The Labute approximate surface area is 148 Å². The van der Waals surface area contributed by atoms with E-state index in [1.165, 1.54) is 19.3 Å². The van der Waals surface area contributed by atoms with Crippen molar-refractivity contribution in [3.05, 3.63) is 16.1 Å². The number of guanidine groups is 1. The second-order valence-corrected chi connectivity index (χ2v) is 7.45. The van der Waals surface area contributed by atoms with E-state index in [1.807, 2.05) is 0 Å². The molecule has 1 amide bonds. The Morgan fingerprint density at radius 3 is 2.71 bits per heavy atom. The smallest absolute Gasteiger partial charge is 0.239 e. The van der Waals surface area contributed by atoms with E-state index in [4.69, 9.17) is 0 Å². The third-order valence-corrected chi connectivity index (χ3v) is 5.05. The minimum absolute atomic E-state index is 0.0289. The Kier molecular flexibility index (Phi) is 7.49. The molecule has 1 aliphatic carbocycles. The summed E-state index contributed by atoms with van der Waals surface area (Å²) in [5.74, 6) is 1.09. The van der Waals surface area contributed by atoms with Crippen LogP contribution in [-0.2, 0) is 11.3 Å². The average Bonchev–Trinajstić information content (AvgIpc) is 3.05. The Hall–Kier alpha value is -1.63. The molecule has 0 radical (unpaired) electrons. The lowest BCUT2D eigenvalue weighted by molar-refractivity contribution is -0.120. The van der Waals surface area contributed by atoms with Crippen LogP contribution in [-0.4, -0.2) is 36.5 Å². The minimum Gasteiger partial charge on any atom is -0.352 e. The second kappa shape index (κ2) is 9.61. The first-order valence-electron chi connectivity index (χ1n) is 8.76. The lowest BCUT2D eigenvalue weighted by atomic mass is 9.95. The maximum atomic E-state index is 12.0. The fourth-order valence-corrected chi connectivity index (χ4v) is 3.64. The Morgan fingerprint density at radius 1 is 1.33 bits per heavy atom. The number of rotatable bonds is 6. The van der Waals surface area contributed by atoms with Gasteiger partial charge in [0.15, 0.2) is 5.96 Å². The van der Waals surface area contributed by atoms with Gasteiger partial charge >= 0.3 is 0 Å². The van der Waals surface area contributed by atoms with Gasteiger partial charge in [-0.2, -0.15) is 0 Å². The molecule has 1 fully saturated rings. The summed E-state index contributed by atoms with van der Waals surface area (Å²) >= 11 is 1.64. The first kappa shape index (κ1) is 18.7. The number of thiazole rings is 1. The molecule has 6 nitrogen and oxygen atoms in total. The highest BCUT2D eigenvalue weighted by Crippen LogP contribution is 2.18. The molecule has 7 heteroatoms. The zero-order valence-electron chi connectivity index (χ0n) is 14.9. The van der Waals surface area contributed by atoms with Crippen molar-refractivity contribution in [1.29, 1.82) is 0 Å². The van der Waals surface area contributed by atoms with Crippen molar-refractivity contribution in [2.24, 2.45) is 4.99 Å². The van der Waals surface area contributed by atoms with Crippen molar-refractivity contribution in [2.45, 2.75) is 64.5 Å². The summed E-state index contributed by atoms with van der Waals surface area (Å²) in [5.41, 5.74) is 1.12. The van der Waals surface area contributed by atoms with Crippen LogP contribution in [0.3, 0.4) is 0 Å². The van der Waals surface area contributed by atoms with Crippen molar-refractivity contribution in [3.8, 4) is 0 Å². The lowest BCUT2D eigenvalue weighted by Crippen LogP contribution is -2.45. The average molecular weight is 352 g/mol. The van der Waals surface area contributed by atoms with Gasteiger partial charge in [0.25, 0.3) is 0 Å². The molecule has 1 saturated carbocycles. The fourth-order valence-electron chi connectivity index (χ4n) is 2.74. The summed E-state index contributed by atoms with van der Waals surface area (Å²) < 4.78 is 0. The van der Waals surface area contributed by atoms with Crippen molar-refractivity contribution < 1.29 is 4.79 Å². The molecule has 1 heterocycles. The van der Waals surface area contributed by atoms with Crippen LogP contribution in [0, 0.1) is 0 Å². The van der Waals surface area contributed by atoms with E-state index in [-0.39, 0.29) is 12.5 Å². The molecule has 0 atom stereocenters. The number of aliphatic imine (C=N–C) groups is 1. The largest absolute Gasteiger partial charge is 0.352 e. The monoisotopic (exact) mass is 351 g/mol. The summed E-state index contributed by atoms with van der Waals surface area (Å²) in [7, 11) is 1.70. The Balaban J connectivity index is 1.70. The summed E-state index contributed by atoms with van der Waals surface area (Å²) in [6, 6.07) is 0.341. The first-order chi connectivity index (χ1) is 11.6. The number of hydrogen-bond acceptors (Lipinski definition) is 4. The number of nitrogens with zero attached hydrogens (tertiary/aromatic N) is 2. The highest BCUT2D eigenvalue weighted by atomic mass is 32.1. The van der Waals surface area contributed by atoms with E-state index in [9.17, 15) is 4.79 Å². The number of aromatic nitrogens is 1.